The molecule has 0 bridgehead atoms. The van der Waals surface area contributed by atoms with Crippen molar-refractivity contribution in [3.05, 3.63) is 63.4 Å². The van der Waals surface area contributed by atoms with Crippen LogP contribution in [0.2, 0.25) is 5.02 Å². The summed E-state index contributed by atoms with van der Waals surface area (Å²) in [6.07, 6.45) is 0. The van der Waals surface area contributed by atoms with Crippen LogP contribution in [0.4, 0.5) is 0 Å². The number of nitriles is 1. The maximum atomic E-state index is 8.95. The Bertz CT molecular complexity index is 886. The van der Waals surface area contributed by atoms with E-state index in [4.69, 9.17) is 29.1 Å². The second-order valence-corrected chi connectivity index (χ2v) is 5.26. The van der Waals surface area contributed by atoms with Crippen molar-refractivity contribution in [3.63, 3.8) is 0 Å². The normalized spacial score (nSPS) is 10.6. The zero-order valence-corrected chi connectivity index (χ0v) is 12.0. The number of aromatic nitrogens is 2. The van der Waals surface area contributed by atoms with Crippen molar-refractivity contribution in [2.24, 2.45) is 0 Å². The Morgan fingerprint density at radius 1 is 1.25 bits per heavy atom. The first-order valence-electron chi connectivity index (χ1n) is 6.05. The number of imidazole rings is 1. The highest BCUT2D eigenvalue weighted by molar-refractivity contribution is 7.71. The Kier molecular flexibility index (Phi) is 3.31. The van der Waals surface area contributed by atoms with Gasteiger partial charge in [0.2, 0.25) is 0 Å². The van der Waals surface area contributed by atoms with Gasteiger partial charge in [0.25, 0.3) is 0 Å². The molecule has 98 valence electrons. The minimum Gasteiger partial charge on any atom is -0.331 e. The SMILES string of the molecule is N#Cc1cccc(Cn2c(=S)[nH]c3cccc(Cl)c32)c1. The molecule has 1 N–H and O–H groups in total. The lowest BCUT2D eigenvalue weighted by Crippen LogP contribution is -2.00. The van der Waals surface area contributed by atoms with E-state index in [1.54, 1.807) is 6.07 Å². The number of para-hydroxylation sites is 1. The van der Waals surface area contributed by atoms with Gasteiger partial charge in [-0.25, -0.2) is 0 Å². The predicted molar refractivity (Wildman–Crippen MR) is 82.4 cm³/mol. The minimum absolute atomic E-state index is 0.581. The molecule has 0 saturated heterocycles. The highest BCUT2D eigenvalue weighted by Gasteiger charge is 2.08. The average molecular weight is 300 g/mol. The third-order valence-corrected chi connectivity index (χ3v) is 3.77. The van der Waals surface area contributed by atoms with Gasteiger partial charge in [-0.2, -0.15) is 5.26 Å². The zero-order chi connectivity index (χ0) is 14.1. The van der Waals surface area contributed by atoms with Gasteiger partial charge in [-0.3, -0.25) is 0 Å². The second kappa shape index (κ2) is 5.12. The molecule has 3 nitrogen and oxygen atoms in total. The second-order valence-electron chi connectivity index (χ2n) is 4.46. The summed E-state index contributed by atoms with van der Waals surface area (Å²) in [6, 6.07) is 15.3. The summed E-state index contributed by atoms with van der Waals surface area (Å²) in [6.45, 7) is 0.581. The molecule has 0 spiro atoms. The maximum absolute atomic E-state index is 8.95. The van der Waals surface area contributed by atoms with Crippen LogP contribution in [0.3, 0.4) is 0 Å². The Morgan fingerprint density at radius 3 is 2.85 bits per heavy atom. The molecule has 0 unspecified atom stereocenters. The lowest BCUT2D eigenvalue weighted by molar-refractivity contribution is 0.810. The van der Waals surface area contributed by atoms with Crippen molar-refractivity contribution in [2.75, 3.05) is 0 Å². The first-order valence-corrected chi connectivity index (χ1v) is 6.84. The lowest BCUT2D eigenvalue weighted by atomic mass is 10.1. The maximum Gasteiger partial charge on any atom is 0.178 e. The molecule has 0 atom stereocenters. The highest BCUT2D eigenvalue weighted by Crippen LogP contribution is 2.24. The number of hydrogen-bond donors (Lipinski definition) is 1. The third kappa shape index (κ3) is 2.22. The van der Waals surface area contributed by atoms with Crippen LogP contribution in [0.15, 0.2) is 42.5 Å². The van der Waals surface area contributed by atoms with Gasteiger partial charge in [0.1, 0.15) is 0 Å². The van der Waals surface area contributed by atoms with E-state index >= 15 is 0 Å². The quantitative estimate of drug-likeness (QED) is 0.718. The summed E-state index contributed by atoms with van der Waals surface area (Å²) in [5, 5.41) is 9.61. The number of rotatable bonds is 2. The zero-order valence-electron chi connectivity index (χ0n) is 10.4. The first-order chi connectivity index (χ1) is 9.69. The summed E-state index contributed by atoms with van der Waals surface area (Å²) in [5.74, 6) is 0. The molecule has 0 aliphatic rings. The van der Waals surface area contributed by atoms with Crippen LogP contribution in [-0.2, 0) is 6.54 Å². The monoisotopic (exact) mass is 299 g/mol. The van der Waals surface area contributed by atoms with E-state index in [0.717, 1.165) is 16.6 Å². The molecule has 0 fully saturated rings. The Balaban J connectivity index is 2.13. The van der Waals surface area contributed by atoms with Crippen molar-refractivity contribution < 1.29 is 0 Å². The van der Waals surface area contributed by atoms with E-state index in [9.17, 15) is 0 Å². The van der Waals surface area contributed by atoms with Crippen molar-refractivity contribution in [1.82, 2.24) is 9.55 Å². The van der Waals surface area contributed by atoms with Gasteiger partial charge in [0.05, 0.1) is 34.2 Å². The number of H-pyrrole nitrogens is 1. The van der Waals surface area contributed by atoms with Crippen molar-refractivity contribution in [1.29, 1.82) is 5.26 Å². The van der Waals surface area contributed by atoms with Gasteiger partial charge in [-0.05, 0) is 42.0 Å². The van der Waals surface area contributed by atoms with E-state index in [0.29, 0.717) is 21.9 Å². The molecule has 2 aromatic carbocycles. The summed E-state index contributed by atoms with van der Waals surface area (Å²) >= 11 is 11.6. The van der Waals surface area contributed by atoms with Crippen molar-refractivity contribution >= 4 is 34.9 Å². The molecule has 0 aliphatic carbocycles. The van der Waals surface area contributed by atoms with Crippen molar-refractivity contribution in [3.8, 4) is 6.07 Å². The van der Waals surface area contributed by atoms with Gasteiger partial charge >= 0.3 is 0 Å². The van der Waals surface area contributed by atoms with Crippen molar-refractivity contribution in [2.45, 2.75) is 6.54 Å². The molecule has 3 aromatic rings. The van der Waals surface area contributed by atoms with Gasteiger partial charge in [-0.15, -0.1) is 0 Å². The van der Waals surface area contributed by atoms with Gasteiger partial charge < -0.3 is 9.55 Å². The van der Waals surface area contributed by atoms with E-state index in [1.807, 2.05) is 41.0 Å². The number of aromatic amines is 1. The Hall–Kier alpha value is -2.09. The Morgan fingerprint density at radius 2 is 2.05 bits per heavy atom. The van der Waals surface area contributed by atoms with Crippen LogP contribution in [0.1, 0.15) is 11.1 Å². The van der Waals surface area contributed by atoms with Crippen LogP contribution in [0.25, 0.3) is 11.0 Å². The van der Waals surface area contributed by atoms with E-state index < -0.39 is 0 Å². The number of hydrogen-bond acceptors (Lipinski definition) is 2. The fraction of sp³-hybridized carbons (Fsp3) is 0.0667. The molecule has 1 aromatic heterocycles. The van der Waals surface area contributed by atoms with E-state index in [2.05, 4.69) is 11.1 Å². The summed E-state index contributed by atoms with van der Waals surface area (Å²) in [7, 11) is 0. The minimum atomic E-state index is 0.581. The summed E-state index contributed by atoms with van der Waals surface area (Å²) in [5.41, 5.74) is 3.46. The average Bonchev–Trinajstić information content (AvgIpc) is 2.77. The summed E-state index contributed by atoms with van der Waals surface area (Å²) in [4.78, 5) is 3.15. The molecule has 1 heterocycles. The number of nitrogens with one attached hydrogen (secondary N) is 1. The molecular formula is C15H10ClN3S. The standard InChI is InChI=1S/C15H10ClN3S/c16-12-5-2-6-13-14(12)19(15(20)18-13)9-11-4-1-3-10(7-11)8-17/h1-7H,9H2,(H,18,20). The van der Waals surface area contributed by atoms with Crippen LogP contribution in [0, 0.1) is 16.1 Å². The first kappa shape index (κ1) is 12.9. The van der Waals surface area contributed by atoms with Crippen LogP contribution < -0.4 is 0 Å². The molecule has 0 aliphatic heterocycles. The van der Waals surface area contributed by atoms with Gasteiger partial charge in [0.15, 0.2) is 4.77 Å². The smallest absolute Gasteiger partial charge is 0.178 e. The van der Waals surface area contributed by atoms with Gasteiger partial charge in [-0.1, -0.05) is 29.8 Å². The van der Waals surface area contributed by atoms with Crippen LogP contribution >= 0.6 is 23.8 Å². The molecule has 0 amide bonds. The Labute approximate surface area is 126 Å². The van der Waals surface area contributed by atoms with E-state index in [-0.39, 0.29) is 0 Å². The third-order valence-electron chi connectivity index (χ3n) is 3.14. The highest BCUT2D eigenvalue weighted by atomic mass is 35.5. The largest absolute Gasteiger partial charge is 0.331 e. The predicted octanol–water partition coefficient (Wildman–Crippen LogP) is 4.27. The number of halogens is 1. The van der Waals surface area contributed by atoms with Gasteiger partial charge in [0, 0.05) is 0 Å². The molecule has 20 heavy (non-hydrogen) atoms. The van der Waals surface area contributed by atoms with Crippen LogP contribution in [-0.4, -0.2) is 9.55 Å². The summed E-state index contributed by atoms with van der Waals surface area (Å²) < 4.78 is 2.57. The molecule has 0 saturated carbocycles. The molecule has 0 radical (unpaired) electrons. The molecule has 3 rings (SSSR count). The van der Waals surface area contributed by atoms with Crippen LogP contribution in [0.5, 0.6) is 0 Å². The topological polar surface area (TPSA) is 44.5 Å². The lowest BCUT2D eigenvalue weighted by Gasteiger charge is -2.06. The number of nitrogens with zero attached hydrogens (tertiary/aromatic N) is 2. The fourth-order valence-electron chi connectivity index (χ4n) is 2.25. The molecule has 5 heteroatoms. The fourth-order valence-corrected chi connectivity index (χ4v) is 2.79. The number of benzene rings is 2. The molecular weight excluding hydrogens is 290 g/mol. The van der Waals surface area contributed by atoms with E-state index in [1.165, 1.54) is 0 Å². The number of fused-ring (bicyclic) bond motifs is 1.